The Morgan fingerprint density at radius 2 is 1.66 bits per heavy atom. The van der Waals surface area contributed by atoms with Crippen LogP contribution in [0.2, 0.25) is 0 Å². The molecule has 3 aliphatic rings. The average molecular weight is 645 g/mol. The maximum absolute atomic E-state index is 14.8. The first-order chi connectivity index (χ1) is 20.7. The van der Waals surface area contributed by atoms with Crippen LogP contribution in [0.5, 0.6) is 11.5 Å². The molecule has 15 heteroatoms. The number of fused-ring (bicyclic) bond motifs is 2. The van der Waals surface area contributed by atoms with Crippen LogP contribution in [0, 0.1) is 23.6 Å². The molecule has 2 bridgehead atoms. The summed E-state index contributed by atoms with van der Waals surface area (Å²) in [5.74, 6) is -5.33. The van der Waals surface area contributed by atoms with Crippen LogP contribution in [0.3, 0.4) is 0 Å². The van der Waals surface area contributed by atoms with Gasteiger partial charge in [-0.15, -0.1) is 0 Å². The zero-order valence-corrected chi connectivity index (χ0v) is 24.3. The highest BCUT2D eigenvalue weighted by Gasteiger charge is 2.60. The third kappa shape index (κ3) is 5.96. The number of halogens is 4. The van der Waals surface area contributed by atoms with Crippen molar-refractivity contribution in [3.8, 4) is 11.5 Å². The first-order valence-electron chi connectivity index (χ1n) is 14.2. The van der Waals surface area contributed by atoms with E-state index in [9.17, 15) is 45.8 Å². The van der Waals surface area contributed by atoms with E-state index in [0.29, 0.717) is 6.07 Å². The number of nitrogens with one attached hydrogen (secondary N) is 2. The van der Waals surface area contributed by atoms with E-state index in [1.165, 1.54) is 19.2 Å². The summed E-state index contributed by atoms with van der Waals surface area (Å²) < 4.78 is 88.8. The highest BCUT2D eigenvalue weighted by molar-refractivity contribution is 7.92. The first kappa shape index (κ1) is 32.0. The van der Waals surface area contributed by atoms with Crippen LogP contribution in [0.15, 0.2) is 41.3 Å². The van der Waals surface area contributed by atoms with Crippen LogP contribution >= 0.6 is 0 Å². The minimum absolute atomic E-state index is 0.0956. The Labute approximate surface area is 250 Å². The van der Waals surface area contributed by atoms with Gasteiger partial charge in [0.25, 0.3) is 15.7 Å². The van der Waals surface area contributed by atoms with Gasteiger partial charge in [0.2, 0.25) is 5.91 Å². The molecule has 0 heterocycles. The molecule has 10 nitrogen and oxygen atoms in total. The summed E-state index contributed by atoms with van der Waals surface area (Å²) in [6.07, 6.45) is 1.70. The molecule has 0 spiro atoms. The Morgan fingerprint density at radius 1 is 0.977 bits per heavy atom. The van der Waals surface area contributed by atoms with Gasteiger partial charge in [0.1, 0.15) is 5.75 Å². The second kappa shape index (κ2) is 12.2. The van der Waals surface area contributed by atoms with Gasteiger partial charge in [-0.1, -0.05) is 12.5 Å². The van der Waals surface area contributed by atoms with Gasteiger partial charge >= 0.3 is 5.51 Å². The quantitative estimate of drug-likeness (QED) is 0.319. The zero-order chi connectivity index (χ0) is 32.0. The van der Waals surface area contributed by atoms with Crippen LogP contribution in [-0.2, 0) is 14.6 Å². The van der Waals surface area contributed by atoms with Gasteiger partial charge in [-0.3, -0.25) is 9.59 Å². The molecule has 2 aromatic carbocycles. The zero-order valence-electron chi connectivity index (χ0n) is 23.5. The molecule has 0 aliphatic heterocycles. The van der Waals surface area contributed by atoms with Crippen molar-refractivity contribution in [1.82, 2.24) is 5.32 Å². The fourth-order valence-electron chi connectivity index (χ4n) is 6.57. The molecule has 3 aliphatic carbocycles. The molecule has 3 saturated carbocycles. The van der Waals surface area contributed by atoms with E-state index < -0.39 is 73.9 Å². The maximum Gasteiger partial charge on any atom is 0.501 e. The van der Waals surface area contributed by atoms with Crippen LogP contribution in [0.1, 0.15) is 48.9 Å². The largest absolute Gasteiger partial charge is 0.501 e. The number of amides is 2. The van der Waals surface area contributed by atoms with Gasteiger partial charge in [-0.25, -0.2) is 12.8 Å². The molecule has 3 fully saturated rings. The molecule has 0 radical (unpaired) electrons. The monoisotopic (exact) mass is 644 g/mol. The molecule has 0 unspecified atom stereocenters. The van der Waals surface area contributed by atoms with E-state index in [1.807, 2.05) is 0 Å². The minimum Gasteiger partial charge on any atom is -0.496 e. The predicted molar refractivity (Wildman–Crippen MR) is 147 cm³/mol. The SMILES string of the molecule is COc1cc(F)c(OC2CCCCC2)cc1C(=O)N[C@@H]1[C@@H]2C[C@@H]([C@@H](O)[C@H]2O)[C@@H]1C(=O)Nc1cccc(S(=O)(=O)C(F)(F)F)c1. The van der Waals surface area contributed by atoms with E-state index in [4.69, 9.17) is 9.47 Å². The highest BCUT2D eigenvalue weighted by Crippen LogP contribution is 2.49. The summed E-state index contributed by atoms with van der Waals surface area (Å²) in [6, 6.07) is 4.78. The highest BCUT2D eigenvalue weighted by atomic mass is 32.2. The fraction of sp³-hybridized carbons (Fsp3) is 0.517. The van der Waals surface area contributed by atoms with Crippen molar-refractivity contribution in [3.05, 3.63) is 47.8 Å². The number of anilines is 1. The standard InChI is InChI=1S/C29H32F4N2O8S/c1-42-21-13-20(30)22(43-15-7-3-2-4-8-15)12-17(21)27(38)35-24-19-11-18(25(36)26(19)37)23(24)28(39)34-14-6-5-9-16(10-14)44(40,41)29(31,32)33/h5-6,9-10,12-13,15,18-19,23-26,36-37H,2-4,7-8,11H2,1H3,(H,34,39)(H,35,38)/t18-,19+,23+,24-,25-,26+/m1/s1. The molecule has 240 valence electrons. The molecular weight excluding hydrogens is 612 g/mol. The number of hydrogen-bond acceptors (Lipinski definition) is 8. The number of carbonyl (C=O) groups is 2. The lowest BCUT2D eigenvalue weighted by Crippen LogP contribution is -2.55. The van der Waals surface area contributed by atoms with Crippen molar-refractivity contribution >= 4 is 27.3 Å². The summed E-state index contributed by atoms with van der Waals surface area (Å²) in [4.78, 5) is 25.9. The number of aliphatic hydroxyl groups is 2. The summed E-state index contributed by atoms with van der Waals surface area (Å²) in [7, 11) is -4.44. The van der Waals surface area contributed by atoms with E-state index in [-0.39, 0.29) is 35.3 Å². The van der Waals surface area contributed by atoms with Crippen LogP contribution in [0.4, 0.5) is 23.2 Å². The number of ether oxygens (including phenoxy) is 2. The van der Waals surface area contributed by atoms with Crippen molar-refractivity contribution in [2.45, 2.75) is 73.3 Å². The lowest BCUT2D eigenvalue weighted by Gasteiger charge is -2.36. The molecule has 2 aromatic rings. The molecule has 2 amide bonds. The molecule has 6 atom stereocenters. The van der Waals surface area contributed by atoms with Gasteiger partial charge in [-0.05, 0) is 56.4 Å². The normalized spacial score (nSPS) is 27.2. The van der Waals surface area contributed by atoms with Crippen molar-refractivity contribution in [2.75, 3.05) is 12.4 Å². The van der Waals surface area contributed by atoms with Crippen molar-refractivity contribution < 1.29 is 55.3 Å². The number of benzene rings is 2. The average Bonchev–Trinajstić information content (AvgIpc) is 3.49. The molecule has 4 N–H and O–H groups in total. The Kier molecular flexibility index (Phi) is 8.84. The van der Waals surface area contributed by atoms with Gasteiger partial charge < -0.3 is 30.3 Å². The van der Waals surface area contributed by atoms with Crippen LogP contribution in [0.25, 0.3) is 0 Å². The Balaban J connectivity index is 1.39. The topological polar surface area (TPSA) is 151 Å². The number of alkyl halides is 3. The Bertz CT molecular complexity index is 1530. The van der Waals surface area contributed by atoms with Crippen molar-refractivity contribution in [1.29, 1.82) is 0 Å². The van der Waals surface area contributed by atoms with E-state index >= 15 is 0 Å². The second-order valence-corrected chi connectivity index (χ2v) is 13.3. The second-order valence-electron chi connectivity index (χ2n) is 11.4. The van der Waals surface area contributed by atoms with E-state index in [1.54, 1.807) is 0 Å². The molecule has 5 rings (SSSR count). The third-order valence-corrected chi connectivity index (χ3v) is 10.2. The Hall–Kier alpha value is -3.43. The van der Waals surface area contributed by atoms with Gasteiger partial charge in [0.05, 0.1) is 41.8 Å². The molecule has 44 heavy (non-hydrogen) atoms. The third-order valence-electron chi connectivity index (χ3n) is 8.74. The number of methoxy groups -OCH3 is 1. The molecule has 0 aromatic heterocycles. The lowest BCUT2D eigenvalue weighted by molar-refractivity contribution is -0.127. The summed E-state index contributed by atoms with van der Waals surface area (Å²) in [6.45, 7) is 0. The Morgan fingerprint density at radius 3 is 2.32 bits per heavy atom. The smallest absolute Gasteiger partial charge is 0.496 e. The van der Waals surface area contributed by atoms with E-state index in [0.717, 1.165) is 50.3 Å². The number of rotatable bonds is 8. The summed E-state index contributed by atoms with van der Waals surface area (Å²) in [5.41, 5.74) is -5.91. The maximum atomic E-state index is 14.8. The van der Waals surface area contributed by atoms with Crippen LogP contribution < -0.4 is 20.1 Å². The van der Waals surface area contributed by atoms with Gasteiger partial charge in [0.15, 0.2) is 11.6 Å². The summed E-state index contributed by atoms with van der Waals surface area (Å²) >= 11 is 0. The van der Waals surface area contributed by atoms with E-state index in [2.05, 4.69) is 10.6 Å². The number of hydrogen-bond donors (Lipinski definition) is 4. The number of carbonyl (C=O) groups excluding carboxylic acids is 2. The van der Waals surface area contributed by atoms with Crippen LogP contribution in [-0.4, -0.2) is 67.4 Å². The predicted octanol–water partition coefficient (Wildman–Crippen LogP) is 3.56. The molecular formula is C29H32F4N2O8S. The number of sulfone groups is 1. The van der Waals surface area contributed by atoms with Gasteiger partial charge in [-0.2, -0.15) is 13.2 Å². The first-order valence-corrected chi connectivity index (χ1v) is 15.6. The summed E-state index contributed by atoms with van der Waals surface area (Å²) in [5, 5.41) is 26.2. The lowest BCUT2D eigenvalue weighted by atomic mass is 9.80. The fourth-order valence-corrected chi connectivity index (χ4v) is 7.38. The minimum atomic E-state index is -5.69. The van der Waals surface area contributed by atoms with Crippen molar-refractivity contribution in [2.24, 2.45) is 17.8 Å². The number of aliphatic hydroxyl groups excluding tert-OH is 2. The van der Waals surface area contributed by atoms with Crippen molar-refractivity contribution in [3.63, 3.8) is 0 Å². The molecule has 0 saturated heterocycles. The van der Waals surface area contributed by atoms with Gasteiger partial charge in [0, 0.05) is 29.6 Å².